The van der Waals surface area contributed by atoms with Crippen molar-refractivity contribution >= 4 is 5.82 Å². The van der Waals surface area contributed by atoms with Crippen LogP contribution in [0.3, 0.4) is 0 Å². The first kappa shape index (κ1) is 13.8. The minimum absolute atomic E-state index is 0.644. The molecule has 0 saturated carbocycles. The number of rotatable bonds is 7. The molecule has 0 spiro atoms. The second-order valence-corrected chi connectivity index (χ2v) is 3.89. The third-order valence-corrected chi connectivity index (χ3v) is 2.28. The number of nitrogens with one attached hydrogen (secondary N) is 1. The van der Waals surface area contributed by atoms with Crippen LogP contribution in [-0.4, -0.2) is 41.7 Å². The van der Waals surface area contributed by atoms with Crippen molar-refractivity contribution in [3.8, 4) is 0 Å². The first-order valence-corrected chi connectivity index (χ1v) is 5.73. The molecule has 1 rings (SSSR count). The fourth-order valence-electron chi connectivity index (χ4n) is 1.46. The van der Waals surface area contributed by atoms with Gasteiger partial charge in [0.25, 0.3) is 0 Å². The van der Waals surface area contributed by atoms with E-state index in [2.05, 4.69) is 20.3 Å². The van der Waals surface area contributed by atoms with Gasteiger partial charge >= 0.3 is 0 Å². The second-order valence-electron chi connectivity index (χ2n) is 3.89. The Morgan fingerprint density at radius 1 is 1.47 bits per heavy atom. The van der Waals surface area contributed by atoms with Gasteiger partial charge in [-0.15, -0.1) is 0 Å². The Morgan fingerprint density at radius 2 is 2.24 bits per heavy atom. The molecule has 0 aromatic carbocycles. The maximum Gasteiger partial charge on any atom is 0.145 e. The summed E-state index contributed by atoms with van der Waals surface area (Å²) in [6.45, 7) is 6.92. The average Bonchev–Trinajstić information content (AvgIpc) is 2.28. The number of aromatic nitrogens is 2. The van der Waals surface area contributed by atoms with Gasteiger partial charge in [0.15, 0.2) is 0 Å². The van der Waals surface area contributed by atoms with E-state index in [1.807, 2.05) is 27.0 Å². The van der Waals surface area contributed by atoms with Crippen LogP contribution in [0.5, 0.6) is 0 Å². The van der Waals surface area contributed by atoms with Crippen molar-refractivity contribution in [3.05, 3.63) is 17.6 Å². The highest BCUT2D eigenvalue weighted by atomic mass is 16.5. The number of hydrazine groups is 1. The van der Waals surface area contributed by atoms with Gasteiger partial charge in [0, 0.05) is 24.9 Å². The lowest BCUT2D eigenvalue weighted by atomic mass is 10.4. The number of nitrogen functional groups attached to an aromatic ring is 1. The Morgan fingerprint density at radius 3 is 2.88 bits per heavy atom. The number of nitrogens with two attached hydrogens (primary N) is 1. The van der Waals surface area contributed by atoms with E-state index in [0.29, 0.717) is 12.4 Å². The lowest BCUT2D eigenvalue weighted by Gasteiger charge is -2.16. The van der Waals surface area contributed by atoms with Crippen LogP contribution in [0, 0.1) is 6.92 Å². The third-order valence-electron chi connectivity index (χ3n) is 2.28. The first-order chi connectivity index (χ1) is 8.15. The largest absolute Gasteiger partial charge is 0.380 e. The van der Waals surface area contributed by atoms with Crippen molar-refractivity contribution in [2.24, 2.45) is 5.84 Å². The topological polar surface area (TPSA) is 76.3 Å². The maximum absolute atomic E-state index is 5.34. The summed E-state index contributed by atoms with van der Waals surface area (Å²) in [6.07, 6.45) is 0. The van der Waals surface area contributed by atoms with E-state index in [1.165, 1.54) is 0 Å². The lowest BCUT2D eigenvalue weighted by molar-refractivity contribution is 0.119. The Kier molecular flexibility index (Phi) is 5.82. The Bertz CT molecular complexity index is 345. The van der Waals surface area contributed by atoms with Crippen molar-refractivity contribution in [2.45, 2.75) is 20.4 Å². The lowest BCUT2D eigenvalue weighted by Crippen LogP contribution is -2.24. The van der Waals surface area contributed by atoms with Crippen LogP contribution in [-0.2, 0) is 11.3 Å². The molecule has 0 aliphatic carbocycles. The number of ether oxygens (including phenoxy) is 1. The molecule has 1 aromatic rings. The van der Waals surface area contributed by atoms with E-state index >= 15 is 0 Å². The number of likely N-dealkylation sites (N-methyl/N-ethyl adjacent to an activating group) is 1. The minimum Gasteiger partial charge on any atom is -0.380 e. The predicted molar refractivity (Wildman–Crippen MR) is 67.4 cm³/mol. The van der Waals surface area contributed by atoms with Crippen LogP contribution in [0.15, 0.2) is 6.07 Å². The van der Waals surface area contributed by atoms with Gasteiger partial charge in [-0.2, -0.15) is 0 Å². The standard InChI is InChI=1S/C11H21N5O/c1-4-17-6-5-16(3)8-11-13-9(2)7-10(14-11)15-12/h7H,4-6,8,12H2,1-3H3,(H,13,14,15). The fourth-order valence-corrected chi connectivity index (χ4v) is 1.46. The van der Waals surface area contributed by atoms with Crippen molar-refractivity contribution < 1.29 is 4.74 Å². The molecule has 0 amide bonds. The van der Waals surface area contributed by atoms with E-state index in [4.69, 9.17) is 10.6 Å². The van der Waals surface area contributed by atoms with Gasteiger partial charge in [0.1, 0.15) is 11.6 Å². The van der Waals surface area contributed by atoms with Crippen molar-refractivity contribution in [1.29, 1.82) is 0 Å². The molecule has 6 heteroatoms. The van der Waals surface area contributed by atoms with E-state index in [1.54, 1.807) is 0 Å². The Hall–Kier alpha value is -1.24. The molecule has 0 atom stereocenters. The van der Waals surface area contributed by atoms with Crippen LogP contribution in [0.25, 0.3) is 0 Å². The molecule has 1 aromatic heterocycles. The highest BCUT2D eigenvalue weighted by molar-refractivity contribution is 5.33. The number of anilines is 1. The fraction of sp³-hybridized carbons (Fsp3) is 0.636. The summed E-state index contributed by atoms with van der Waals surface area (Å²) < 4.78 is 5.30. The summed E-state index contributed by atoms with van der Waals surface area (Å²) in [5.41, 5.74) is 3.44. The quantitative estimate of drug-likeness (QED) is 0.411. The number of nitrogens with zero attached hydrogens (tertiary/aromatic N) is 3. The molecule has 0 bridgehead atoms. The van der Waals surface area contributed by atoms with Gasteiger partial charge in [-0.3, -0.25) is 4.90 Å². The Labute approximate surface area is 102 Å². The van der Waals surface area contributed by atoms with Gasteiger partial charge in [-0.1, -0.05) is 0 Å². The summed E-state index contributed by atoms with van der Waals surface area (Å²) in [7, 11) is 2.01. The molecule has 0 saturated heterocycles. The normalized spacial score (nSPS) is 10.9. The van der Waals surface area contributed by atoms with Crippen LogP contribution < -0.4 is 11.3 Å². The van der Waals surface area contributed by atoms with E-state index in [0.717, 1.165) is 31.3 Å². The smallest absolute Gasteiger partial charge is 0.145 e. The first-order valence-electron chi connectivity index (χ1n) is 5.73. The SMILES string of the molecule is CCOCCN(C)Cc1nc(C)cc(NN)n1. The molecule has 0 aliphatic rings. The minimum atomic E-state index is 0.644. The molecule has 0 fully saturated rings. The zero-order valence-corrected chi connectivity index (χ0v) is 10.7. The van der Waals surface area contributed by atoms with Crippen LogP contribution >= 0.6 is 0 Å². The molecule has 0 radical (unpaired) electrons. The Balaban J connectivity index is 2.52. The van der Waals surface area contributed by atoms with Crippen LogP contribution in [0.1, 0.15) is 18.4 Å². The zero-order chi connectivity index (χ0) is 12.7. The molecule has 3 N–H and O–H groups in total. The summed E-state index contributed by atoms with van der Waals surface area (Å²) in [4.78, 5) is 10.8. The van der Waals surface area contributed by atoms with Crippen LogP contribution in [0.4, 0.5) is 5.82 Å². The molecule has 17 heavy (non-hydrogen) atoms. The molecule has 0 aliphatic heterocycles. The zero-order valence-electron chi connectivity index (χ0n) is 10.7. The monoisotopic (exact) mass is 239 g/mol. The molecular weight excluding hydrogens is 218 g/mol. The molecule has 6 nitrogen and oxygen atoms in total. The third kappa shape index (κ3) is 5.08. The summed E-state index contributed by atoms with van der Waals surface area (Å²) in [6, 6.07) is 1.81. The number of hydrogen-bond donors (Lipinski definition) is 2. The maximum atomic E-state index is 5.34. The van der Waals surface area contributed by atoms with Crippen molar-refractivity contribution in [2.75, 3.05) is 32.2 Å². The van der Waals surface area contributed by atoms with Gasteiger partial charge < -0.3 is 10.2 Å². The summed E-state index contributed by atoms with van der Waals surface area (Å²) >= 11 is 0. The molecular formula is C11H21N5O. The molecule has 1 heterocycles. The van der Waals surface area contributed by atoms with Gasteiger partial charge in [-0.05, 0) is 20.9 Å². The van der Waals surface area contributed by atoms with Gasteiger partial charge in [0.2, 0.25) is 0 Å². The number of hydrogen-bond acceptors (Lipinski definition) is 6. The molecule has 0 unspecified atom stereocenters. The average molecular weight is 239 g/mol. The molecule has 96 valence electrons. The van der Waals surface area contributed by atoms with E-state index in [9.17, 15) is 0 Å². The van der Waals surface area contributed by atoms with E-state index < -0.39 is 0 Å². The number of aryl methyl sites for hydroxylation is 1. The highest BCUT2D eigenvalue weighted by Gasteiger charge is 2.05. The van der Waals surface area contributed by atoms with Gasteiger partial charge in [0.05, 0.1) is 13.2 Å². The summed E-state index contributed by atoms with van der Waals surface area (Å²) in [5, 5.41) is 0. The van der Waals surface area contributed by atoms with Crippen molar-refractivity contribution in [1.82, 2.24) is 14.9 Å². The van der Waals surface area contributed by atoms with Gasteiger partial charge in [-0.25, -0.2) is 15.8 Å². The van der Waals surface area contributed by atoms with E-state index in [-0.39, 0.29) is 0 Å². The van der Waals surface area contributed by atoms with Crippen LogP contribution in [0.2, 0.25) is 0 Å². The van der Waals surface area contributed by atoms with Crippen molar-refractivity contribution in [3.63, 3.8) is 0 Å². The second kappa shape index (κ2) is 7.16. The predicted octanol–water partition coefficient (Wildman–Crippen LogP) is 0.539. The highest BCUT2D eigenvalue weighted by Crippen LogP contribution is 2.06. The summed E-state index contributed by atoms with van der Waals surface area (Å²) in [5.74, 6) is 6.75.